The van der Waals surface area contributed by atoms with Crippen LogP contribution in [0.15, 0.2) is 15.7 Å². The zero-order valence-corrected chi connectivity index (χ0v) is 10.5. The fourth-order valence-corrected chi connectivity index (χ4v) is 2.17. The van der Waals surface area contributed by atoms with E-state index in [1.807, 2.05) is 4.98 Å². The van der Waals surface area contributed by atoms with Gasteiger partial charge in [-0.1, -0.05) is 5.92 Å². The fraction of sp³-hybridized carbons (Fsp3) is 0.500. The number of aromatic amines is 2. The molecule has 3 atom stereocenters. The second-order valence-corrected chi connectivity index (χ2v) is 4.36. The van der Waals surface area contributed by atoms with Gasteiger partial charge in [0.25, 0.3) is 5.56 Å². The van der Waals surface area contributed by atoms with Crippen LogP contribution in [0.2, 0.25) is 0 Å². The molecule has 0 spiro atoms. The quantitative estimate of drug-likeness (QED) is 0.459. The summed E-state index contributed by atoms with van der Waals surface area (Å²) in [6.45, 7) is -0.746. The normalized spacial score (nSPS) is 29.2. The Bertz CT molecular complexity index is 602. The van der Waals surface area contributed by atoms with Crippen molar-refractivity contribution in [2.45, 2.75) is 17.8 Å². The van der Waals surface area contributed by atoms with Crippen molar-refractivity contribution in [3.05, 3.63) is 32.6 Å². The average Bonchev–Trinajstić information content (AvgIpc) is 2.73. The number of hydrogen-bond donors (Lipinski definition) is 4. The second-order valence-electron chi connectivity index (χ2n) is 4.36. The van der Waals surface area contributed by atoms with Crippen LogP contribution in [0.1, 0.15) is 5.69 Å². The fourth-order valence-electron chi connectivity index (χ4n) is 2.17. The predicted molar refractivity (Wildman–Crippen MR) is 67.0 cm³/mol. The summed E-state index contributed by atoms with van der Waals surface area (Å²) in [5.41, 5.74) is -2.83. The summed E-state index contributed by atoms with van der Waals surface area (Å²) < 4.78 is 10.7. The largest absolute Gasteiger partial charge is 0.394 e. The molecule has 20 heavy (non-hydrogen) atoms. The summed E-state index contributed by atoms with van der Waals surface area (Å²) in [6.07, 6.45) is 2.96. The first-order chi connectivity index (χ1) is 9.53. The van der Waals surface area contributed by atoms with Gasteiger partial charge in [-0.25, -0.2) is 4.79 Å². The van der Waals surface area contributed by atoms with Crippen molar-refractivity contribution in [2.24, 2.45) is 0 Å². The molecular formula is C12H14N2O6. The second kappa shape index (κ2) is 5.60. The third-order valence-corrected chi connectivity index (χ3v) is 3.15. The summed E-state index contributed by atoms with van der Waals surface area (Å²) in [6, 6.07) is 1.09. The molecule has 0 radical (unpaired) electrons. The Morgan fingerprint density at radius 2 is 2.30 bits per heavy atom. The van der Waals surface area contributed by atoms with Gasteiger partial charge in [-0.2, -0.15) is 0 Å². The molecule has 0 bridgehead atoms. The van der Waals surface area contributed by atoms with E-state index in [9.17, 15) is 14.7 Å². The van der Waals surface area contributed by atoms with Crippen LogP contribution in [0.3, 0.4) is 0 Å². The van der Waals surface area contributed by atoms with E-state index in [4.69, 9.17) is 21.0 Å². The van der Waals surface area contributed by atoms with Gasteiger partial charge in [0.2, 0.25) is 0 Å². The number of hydrogen-bond acceptors (Lipinski definition) is 6. The highest BCUT2D eigenvalue weighted by atomic mass is 16.6. The predicted octanol–water partition coefficient (Wildman–Crippen LogP) is -2.34. The molecule has 4 N–H and O–H groups in total. The van der Waals surface area contributed by atoms with Gasteiger partial charge in [0.15, 0.2) is 5.60 Å². The number of aliphatic hydroxyl groups excluding tert-OH is 2. The summed E-state index contributed by atoms with van der Waals surface area (Å²) in [4.78, 5) is 27.2. The van der Waals surface area contributed by atoms with Crippen LogP contribution < -0.4 is 11.2 Å². The maximum absolute atomic E-state index is 11.4. The van der Waals surface area contributed by atoms with E-state index >= 15 is 0 Å². The number of terminal acetylenes is 1. The standard InChI is InChI=1S/C12H14N2O6/c1-2-3-20-12(6-19-7(5-15)10(12)17)8-4-9(16)14-11(18)13-8/h1,4,7,10,15,17H,3,5-6H2,(H2,13,14,16,18)/t7-,10?,12?/m1/s1. The van der Waals surface area contributed by atoms with Crippen LogP contribution in [0.5, 0.6) is 0 Å². The molecular weight excluding hydrogens is 268 g/mol. The Hall–Kier alpha value is -1.92. The summed E-state index contributed by atoms with van der Waals surface area (Å²) in [5, 5.41) is 19.4. The highest BCUT2D eigenvalue weighted by Crippen LogP contribution is 2.36. The van der Waals surface area contributed by atoms with E-state index in [1.165, 1.54) is 0 Å². The SMILES string of the molecule is C#CCOC1(c2cc(=O)[nH]c(=O)[nH]2)CO[C@H](CO)C1O. The number of nitrogens with one attached hydrogen (secondary N) is 2. The molecule has 1 saturated heterocycles. The Labute approximate surface area is 113 Å². The lowest BCUT2D eigenvalue weighted by Gasteiger charge is -2.30. The molecule has 1 fully saturated rings. The molecule has 1 aliphatic rings. The lowest BCUT2D eigenvalue weighted by atomic mass is 9.92. The minimum absolute atomic E-state index is 0.0463. The van der Waals surface area contributed by atoms with Crippen LogP contribution >= 0.6 is 0 Å². The van der Waals surface area contributed by atoms with Crippen molar-refractivity contribution in [1.82, 2.24) is 9.97 Å². The number of H-pyrrole nitrogens is 2. The maximum Gasteiger partial charge on any atom is 0.325 e. The molecule has 1 aromatic rings. The van der Waals surface area contributed by atoms with Crippen molar-refractivity contribution in [2.75, 3.05) is 19.8 Å². The average molecular weight is 282 g/mol. The molecule has 8 heteroatoms. The highest BCUT2D eigenvalue weighted by Gasteiger charge is 2.52. The number of aliphatic hydroxyl groups is 2. The Balaban J connectivity index is 2.50. The molecule has 2 rings (SSSR count). The maximum atomic E-state index is 11.4. The van der Waals surface area contributed by atoms with Gasteiger partial charge in [0.1, 0.15) is 18.8 Å². The van der Waals surface area contributed by atoms with E-state index in [2.05, 4.69) is 10.9 Å². The smallest absolute Gasteiger partial charge is 0.325 e. The molecule has 0 saturated carbocycles. The van der Waals surface area contributed by atoms with Gasteiger partial charge in [-0.3, -0.25) is 9.78 Å². The van der Waals surface area contributed by atoms with Gasteiger partial charge < -0.3 is 24.7 Å². The Morgan fingerprint density at radius 1 is 1.55 bits per heavy atom. The lowest BCUT2D eigenvalue weighted by molar-refractivity contribution is -0.103. The summed E-state index contributed by atoms with van der Waals surface area (Å²) >= 11 is 0. The van der Waals surface area contributed by atoms with Crippen molar-refractivity contribution >= 4 is 0 Å². The summed E-state index contributed by atoms with van der Waals surface area (Å²) in [7, 11) is 0. The molecule has 1 aliphatic heterocycles. The van der Waals surface area contributed by atoms with Gasteiger partial charge >= 0.3 is 5.69 Å². The van der Waals surface area contributed by atoms with Crippen LogP contribution in [0.25, 0.3) is 0 Å². The zero-order chi connectivity index (χ0) is 14.8. The molecule has 108 valence electrons. The van der Waals surface area contributed by atoms with Crippen LogP contribution in [0, 0.1) is 12.3 Å². The molecule has 1 aromatic heterocycles. The topological polar surface area (TPSA) is 125 Å². The zero-order valence-electron chi connectivity index (χ0n) is 10.5. The number of ether oxygens (including phenoxy) is 2. The number of aromatic nitrogens is 2. The van der Waals surface area contributed by atoms with Gasteiger partial charge in [-0.15, -0.1) is 6.42 Å². The first kappa shape index (κ1) is 14.5. The first-order valence-electron chi connectivity index (χ1n) is 5.85. The van der Waals surface area contributed by atoms with E-state index in [-0.39, 0.29) is 18.9 Å². The Kier molecular flexibility index (Phi) is 4.06. The van der Waals surface area contributed by atoms with Gasteiger partial charge in [0, 0.05) is 6.07 Å². The molecule has 0 aliphatic carbocycles. The minimum atomic E-state index is -1.49. The Morgan fingerprint density at radius 3 is 2.85 bits per heavy atom. The third-order valence-electron chi connectivity index (χ3n) is 3.15. The van der Waals surface area contributed by atoms with Crippen LogP contribution in [-0.2, 0) is 15.1 Å². The van der Waals surface area contributed by atoms with Gasteiger partial charge in [-0.05, 0) is 0 Å². The minimum Gasteiger partial charge on any atom is -0.394 e. The van der Waals surface area contributed by atoms with Crippen molar-refractivity contribution < 1.29 is 19.7 Å². The monoisotopic (exact) mass is 282 g/mol. The molecule has 8 nitrogen and oxygen atoms in total. The molecule has 2 heterocycles. The molecule has 0 amide bonds. The van der Waals surface area contributed by atoms with E-state index < -0.39 is 35.7 Å². The first-order valence-corrected chi connectivity index (χ1v) is 5.85. The highest BCUT2D eigenvalue weighted by molar-refractivity contribution is 5.18. The van der Waals surface area contributed by atoms with Gasteiger partial charge in [0.05, 0.1) is 18.9 Å². The van der Waals surface area contributed by atoms with Crippen LogP contribution in [0.4, 0.5) is 0 Å². The number of rotatable bonds is 4. The van der Waals surface area contributed by atoms with Crippen LogP contribution in [-0.4, -0.2) is 52.2 Å². The molecule has 2 unspecified atom stereocenters. The van der Waals surface area contributed by atoms with E-state index in [0.717, 1.165) is 6.07 Å². The van der Waals surface area contributed by atoms with Crippen molar-refractivity contribution in [3.63, 3.8) is 0 Å². The van der Waals surface area contributed by atoms with E-state index in [0.29, 0.717) is 0 Å². The van der Waals surface area contributed by atoms with E-state index in [1.54, 1.807) is 0 Å². The summed E-state index contributed by atoms with van der Waals surface area (Å²) in [5.74, 6) is 2.24. The van der Waals surface area contributed by atoms with Crippen molar-refractivity contribution in [1.29, 1.82) is 0 Å². The third kappa shape index (κ3) is 2.39. The molecule has 0 aromatic carbocycles. The van der Waals surface area contributed by atoms with Crippen molar-refractivity contribution in [3.8, 4) is 12.3 Å². The lowest BCUT2D eigenvalue weighted by Crippen LogP contribution is -2.47.